The zero-order valence-electron chi connectivity index (χ0n) is 11.3. The summed E-state index contributed by atoms with van der Waals surface area (Å²) in [4.78, 5) is 4.87. The number of nitrogens with zero attached hydrogens (tertiary/aromatic N) is 2. The highest BCUT2D eigenvalue weighted by atomic mass is 19.1. The van der Waals surface area contributed by atoms with Crippen molar-refractivity contribution >= 4 is 0 Å². The van der Waals surface area contributed by atoms with E-state index in [0.717, 1.165) is 19.2 Å². The molecular formula is C15H20F2N2. The van der Waals surface area contributed by atoms with E-state index in [1.165, 1.54) is 25.5 Å². The molecule has 2 nitrogen and oxygen atoms in total. The Morgan fingerprint density at radius 3 is 2.89 bits per heavy atom. The van der Waals surface area contributed by atoms with Gasteiger partial charge in [-0.15, -0.1) is 0 Å². The van der Waals surface area contributed by atoms with Gasteiger partial charge in [-0.2, -0.15) is 0 Å². The molecule has 2 aliphatic heterocycles. The van der Waals surface area contributed by atoms with Crippen molar-refractivity contribution in [3.8, 4) is 0 Å². The molecule has 0 amide bonds. The van der Waals surface area contributed by atoms with Crippen LogP contribution in [0.3, 0.4) is 0 Å². The van der Waals surface area contributed by atoms with Gasteiger partial charge in [0.05, 0.1) is 0 Å². The lowest BCUT2D eigenvalue weighted by Gasteiger charge is -2.42. The summed E-state index contributed by atoms with van der Waals surface area (Å²) in [5.74, 6) is -0.934. The molecule has 0 radical (unpaired) electrons. The van der Waals surface area contributed by atoms with Crippen molar-refractivity contribution in [2.75, 3.05) is 19.6 Å². The Morgan fingerprint density at radius 1 is 1.26 bits per heavy atom. The maximum Gasteiger partial charge on any atom is 0.130 e. The first-order chi connectivity index (χ1) is 9.13. The van der Waals surface area contributed by atoms with Crippen LogP contribution in [0.1, 0.15) is 25.3 Å². The summed E-state index contributed by atoms with van der Waals surface area (Å²) < 4.78 is 26.6. The van der Waals surface area contributed by atoms with Gasteiger partial charge in [0.25, 0.3) is 0 Å². The smallest absolute Gasteiger partial charge is 0.130 e. The molecule has 104 valence electrons. The van der Waals surface area contributed by atoms with Crippen molar-refractivity contribution in [2.45, 2.75) is 38.4 Å². The van der Waals surface area contributed by atoms with Gasteiger partial charge in [-0.05, 0) is 32.4 Å². The van der Waals surface area contributed by atoms with E-state index >= 15 is 0 Å². The Bertz CT molecular complexity index is 463. The number of piperazine rings is 1. The molecule has 1 aromatic rings. The lowest BCUT2D eigenvalue weighted by Crippen LogP contribution is -2.54. The first kappa shape index (κ1) is 13.0. The molecule has 19 heavy (non-hydrogen) atoms. The van der Waals surface area contributed by atoms with Crippen LogP contribution in [0.25, 0.3) is 0 Å². The highest BCUT2D eigenvalue weighted by molar-refractivity contribution is 5.18. The van der Waals surface area contributed by atoms with Crippen molar-refractivity contribution in [1.29, 1.82) is 0 Å². The normalized spacial score (nSPS) is 28.6. The summed E-state index contributed by atoms with van der Waals surface area (Å²) in [6.07, 6.45) is 2.52. The highest BCUT2D eigenvalue weighted by Gasteiger charge is 2.34. The maximum atomic E-state index is 13.7. The third kappa shape index (κ3) is 2.65. The van der Waals surface area contributed by atoms with Crippen molar-refractivity contribution in [3.05, 3.63) is 35.4 Å². The minimum atomic E-state index is -0.505. The summed E-state index contributed by atoms with van der Waals surface area (Å²) >= 11 is 0. The summed E-state index contributed by atoms with van der Waals surface area (Å²) in [7, 11) is 0. The monoisotopic (exact) mass is 266 g/mol. The van der Waals surface area contributed by atoms with Crippen molar-refractivity contribution in [1.82, 2.24) is 9.80 Å². The van der Waals surface area contributed by atoms with Gasteiger partial charge in [-0.3, -0.25) is 9.80 Å². The van der Waals surface area contributed by atoms with Crippen LogP contribution in [-0.4, -0.2) is 41.5 Å². The second kappa shape index (κ2) is 5.17. The molecule has 0 bridgehead atoms. The van der Waals surface area contributed by atoms with E-state index in [0.29, 0.717) is 24.2 Å². The summed E-state index contributed by atoms with van der Waals surface area (Å²) in [5.41, 5.74) is 0.597. The standard InChI is InChI=1S/C15H20F2N2/c1-11-8-18-6-2-3-14(18)10-19(11)9-12-4-5-13(16)7-15(12)17/h4-5,7,11,14H,2-3,6,8-10H2,1H3/t11-,14-/m0/s1. The molecule has 2 heterocycles. The Balaban J connectivity index is 1.71. The van der Waals surface area contributed by atoms with Gasteiger partial charge < -0.3 is 0 Å². The van der Waals surface area contributed by atoms with Crippen LogP contribution < -0.4 is 0 Å². The molecule has 1 aromatic carbocycles. The van der Waals surface area contributed by atoms with Crippen molar-refractivity contribution in [3.63, 3.8) is 0 Å². The maximum absolute atomic E-state index is 13.7. The quantitative estimate of drug-likeness (QED) is 0.812. The van der Waals surface area contributed by atoms with E-state index in [9.17, 15) is 8.78 Å². The van der Waals surface area contributed by atoms with Gasteiger partial charge in [0, 0.05) is 43.3 Å². The molecule has 2 aliphatic rings. The zero-order valence-corrected chi connectivity index (χ0v) is 11.3. The van der Waals surface area contributed by atoms with E-state index in [1.807, 2.05) is 0 Å². The van der Waals surface area contributed by atoms with E-state index in [-0.39, 0.29) is 0 Å². The van der Waals surface area contributed by atoms with Gasteiger partial charge >= 0.3 is 0 Å². The molecule has 3 rings (SSSR count). The topological polar surface area (TPSA) is 6.48 Å². The second-order valence-corrected chi connectivity index (χ2v) is 5.81. The number of benzene rings is 1. The summed E-state index contributed by atoms with van der Waals surface area (Å²) in [5, 5.41) is 0. The zero-order chi connectivity index (χ0) is 13.4. The first-order valence-corrected chi connectivity index (χ1v) is 7.05. The molecule has 2 saturated heterocycles. The summed E-state index contributed by atoms with van der Waals surface area (Å²) in [6.45, 7) is 6.03. The molecule has 0 saturated carbocycles. The van der Waals surface area contributed by atoms with Crippen LogP contribution in [0.2, 0.25) is 0 Å². The second-order valence-electron chi connectivity index (χ2n) is 5.81. The Kier molecular flexibility index (Phi) is 3.54. The number of halogens is 2. The Hall–Kier alpha value is -1.00. The van der Waals surface area contributed by atoms with Crippen LogP contribution in [-0.2, 0) is 6.54 Å². The fraction of sp³-hybridized carbons (Fsp3) is 0.600. The Labute approximate surface area is 113 Å². The number of hydrogen-bond donors (Lipinski definition) is 0. The van der Waals surface area contributed by atoms with Gasteiger partial charge in [-0.1, -0.05) is 6.07 Å². The van der Waals surface area contributed by atoms with Crippen LogP contribution in [0.15, 0.2) is 18.2 Å². The van der Waals surface area contributed by atoms with E-state index < -0.39 is 11.6 Å². The predicted molar refractivity (Wildman–Crippen MR) is 70.8 cm³/mol. The van der Waals surface area contributed by atoms with Crippen LogP contribution in [0, 0.1) is 11.6 Å². The van der Waals surface area contributed by atoms with Crippen molar-refractivity contribution < 1.29 is 8.78 Å². The first-order valence-electron chi connectivity index (χ1n) is 7.05. The molecule has 0 spiro atoms. The lowest BCUT2D eigenvalue weighted by atomic mass is 10.1. The minimum absolute atomic E-state index is 0.429. The number of fused-ring (bicyclic) bond motifs is 1. The molecular weight excluding hydrogens is 246 g/mol. The SMILES string of the molecule is C[C@H]1CN2CCC[C@H]2CN1Cc1ccc(F)cc1F. The molecule has 0 N–H and O–H groups in total. The molecule has 0 aromatic heterocycles. The predicted octanol–water partition coefficient (Wildman–Crippen LogP) is 2.63. The minimum Gasteiger partial charge on any atom is -0.298 e. The van der Waals surface area contributed by atoms with Gasteiger partial charge in [-0.25, -0.2) is 8.78 Å². The lowest BCUT2D eigenvalue weighted by molar-refractivity contribution is 0.0533. The fourth-order valence-corrected chi connectivity index (χ4v) is 3.34. The van der Waals surface area contributed by atoms with E-state index in [4.69, 9.17) is 0 Å². The molecule has 0 aliphatic carbocycles. The molecule has 2 atom stereocenters. The number of hydrogen-bond acceptors (Lipinski definition) is 2. The van der Waals surface area contributed by atoms with E-state index in [1.54, 1.807) is 6.07 Å². The fourth-order valence-electron chi connectivity index (χ4n) is 3.34. The molecule has 0 unspecified atom stereocenters. The van der Waals surface area contributed by atoms with E-state index in [2.05, 4.69) is 16.7 Å². The highest BCUT2D eigenvalue weighted by Crippen LogP contribution is 2.26. The average molecular weight is 266 g/mol. The average Bonchev–Trinajstić information content (AvgIpc) is 2.80. The summed E-state index contributed by atoms with van der Waals surface area (Å²) in [6, 6.07) is 4.94. The van der Waals surface area contributed by atoms with Crippen LogP contribution >= 0.6 is 0 Å². The van der Waals surface area contributed by atoms with Gasteiger partial charge in [0.15, 0.2) is 0 Å². The Morgan fingerprint density at radius 2 is 2.11 bits per heavy atom. The van der Waals surface area contributed by atoms with Crippen LogP contribution in [0.4, 0.5) is 8.78 Å². The number of rotatable bonds is 2. The van der Waals surface area contributed by atoms with Gasteiger partial charge in [0.1, 0.15) is 11.6 Å². The molecule has 4 heteroatoms. The third-order valence-corrected chi connectivity index (χ3v) is 4.45. The van der Waals surface area contributed by atoms with Gasteiger partial charge in [0.2, 0.25) is 0 Å². The van der Waals surface area contributed by atoms with Crippen molar-refractivity contribution in [2.24, 2.45) is 0 Å². The third-order valence-electron chi connectivity index (χ3n) is 4.45. The largest absolute Gasteiger partial charge is 0.298 e. The molecule has 2 fully saturated rings. The van der Waals surface area contributed by atoms with Crippen LogP contribution in [0.5, 0.6) is 0 Å².